The molecule has 1 fully saturated rings. The fourth-order valence-electron chi connectivity index (χ4n) is 2.01. The maximum absolute atomic E-state index is 12.4. The smallest absolute Gasteiger partial charge is 0.326 e. The van der Waals surface area contributed by atoms with Gasteiger partial charge in [0.25, 0.3) is 5.91 Å². The molecule has 1 heterocycles. The Hall–Kier alpha value is -1.86. The van der Waals surface area contributed by atoms with Crippen molar-refractivity contribution in [2.45, 2.75) is 20.3 Å². The summed E-state index contributed by atoms with van der Waals surface area (Å²) in [6.45, 7) is 4.63. The summed E-state index contributed by atoms with van der Waals surface area (Å²) in [6.07, 6.45) is 2.49. The van der Waals surface area contributed by atoms with Crippen LogP contribution in [0.15, 0.2) is 29.2 Å². The maximum Gasteiger partial charge on any atom is 0.326 e. The van der Waals surface area contributed by atoms with Crippen molar-refractivity contribution in [3.63, 3.8) is 0 Å². The topological polar surface area (TPSA) is 55.8 Å². The predicted octanol–water partition coefficient (Wildman–Crippen LogP) is 3.24. The Morgan fingerprint density at radius 2 is 2.00 bits per heavy atom. The van der Waals surface area contributed by atoms with Crippen LogP contribution in [0.25, 0.3) is 6.08 Å². The van der Waals surface area contributed by atoms with Gasteiger partial charge in [-0.1, -0.05) is 43.0 Å². The molecule has 0 unspecified atom stereocenters. The van der Waals surface area contributed by atoms with Gasteiger partial charge in [0.15, 0.2) is 0 Å². The molecule has 128 valence electrons. The Balaban J connectivity index is 2.05. The molecule has 0 radical (unpaired) electrons. The first-order chi connectivity index (χ1) is 11.5. The molecular weight excluding hydrogens is 346 g/mol. The van der Waals surface area contributed by atoms with Crippen molar-refractivity contribution in [2.75, 3.05) is 19.8 Å². The van der Waals surface area contributed by atoms with Gasteiger partial charge in [0.1, 0.15) is 16.6 Å². The number of rotatable bonds is 7. The highest BCUT2D eigenvalue weighted by molar-refractivity contribution is 8.26. The van der Waals surface area contributed by atoms with E-state index in [1.54, 1.807) is 6.08 Å². The molecule has 0 bridgehead atoms. The van der Waals surface area contributed by atoms with Gasteiger partial charge >= 0.3 is 5.97 Å². The van der Waals surface area contributed by atoms with Crippen LogP contribution >= 0.6 is 24.0 Å². The Kier molecular flexibility index (Phi) is 6.81. The van der Waals surface area contributed by atoms with Crippen LogP contribution in [0.5, 0.6) is 5.75 Å². The minimum absolute atomic E-state index is 0.148. The first kappa shape index (κ1) is 18.5. The van der Waals surface area contributed by atoms with Crippen LogP contribution in [0.3, 0.4) is 0 Å². The van der Waals surface area contributed by atoms with E-state index in [9.17, 15) is 9.59 Å². The SMILES string of the molecule is CCCOC(=O)CN1C(=O)C(=Cc2ccc(OCC)cc2)SC1=S. The number of esters is 1. The lowest BCUT2D eigenvalue weighted by molar-refractivity contribution is -0.146. The van der Waals surface area contributed by atoms with Crippen molar-refractivity contribution >= 4 is 46.3 Å². The fraction of sp³-hybridized carbons (Fsp3) is 0.353. The Morgan fingerprint density at radius 1 is 1.29 bits per heavy atom. The molecule has 5 nitrogen and oxygen atoms in total. The zero-order valence-electron chi connectivity index (χ0n) is 13.6. The number of thiocarbonyl (C=S) groups is 1. The second-order valence-corrected chi connectivity index (χ2v) is 6.67. The van der Waals surface area contributed by atoms with E-state index in [2.05, 4.69) is 0 Å². The minimum Gasteiger partial charge on any atom is -0.494 e. The van der Waals surface area contributed by atoms with Crippen LogP contribution in [0.1, 0.15) is 25.8 Å². The number of amides is 1. The second-order valence-electron chi connectivity index (χ2n) is 4.99. The number of carbonyl (C=O) groups excluding carboxylic acids is 2. The first-order valence-corrected chi connectivity index (χ1v) is 8.91. The summed E-state index contributed by atoms with van der Waals surface area (Å²) in [5, 5.41) is 0. The van der Waals surface area contributed by atoms with Gasteiger partial charge in [0.05, 0.1) is 18.1 Å². The summed E-state index contributed by atoms with van der Waals surface area (Å²) in [6, 6.07) is 7.43. The van der Waals surface area contributed by atoms with Gasteiger partial charge in [0.2, 0.25) is 0 Å². The monoisotopic (exact) mass is 365 g/mol. The molecule has 1 aliphatic heterocycles. The number of nitrogens with zero attached hydrogens (tertiary/aromatic N) is 1. The third kappa shape index (κ3) is 4.82. The molecule has 1 amide bonds. The van der Waals surface area contributed by atoms with Gasteiger partial charge in [-0.05, 0) is 37.1 Å². The van der Waals surface area contributed by atoms with Gasteiger partial charge in [0, 0.05) is 0 Å². The van der Waals surface area contributed by atoms with Gasteiger partial charge in [-0.25, -0.2) is 0 Å². The van der Waals surface area contributed by atoms with Gasteiger partial charge in [-0.3, -0.25) is 14.5 Å². The molecule has 24 heavy (non-hydrogen) atoms. The summed E-state index contributed by atoms with van der Waals surface area (Å²) in [7, 11) is 0. The Labute approximate surface area is 151 Å². The Morgan fingerprint density at radius 3 is 2.62 bits per heavy atom. The average Bonchev–Trinajstić information content (AvgIpc) is 2.82. The molecule has 0 aromatic heterocycles. The van der Waals surface area contributed by atoms with Crippen LogP contribution in [0.4, 0.5) is 0 Å². The predicted molar refractivity (Wildman–Crippen MR) is 98.7 cm³/mol. The molecule has 1 aromatic carbocycles. The van der Waals surface area contributed by atoms with Gasteiger partial charge in [-0.15, -0.1) is 0 Å². The molecular formula is C17H19NO4S2. The molecule has 1 aromatic rings. The lowest BCUT2D eigenvalue weighted by Gasteiger charge is -2.13. The molecule has 0 saturated carbocycles. The van der Waals surface area contributed by atoms with Crippen LogP contribution in [0, 0.1) is 0 Å². The number of ether oxygens (including phenoxy) is 2. The van der Waals surface area contributed by atoms with E-state index < -0.39 is 5.97 Å². The highest BCUT2D eigenvalue weighted by atomic mass is 32.2. The standard InChI is InChI=1S/C17H19NO4S2/c1-3-9-22-15(19)11-18-16(20)14(24-17(18)23)10-12-5-7-13(8-6-12)21-4-2/h5-8,10H,3-4,9,11H2,1-2H3. The largest absolute Gasteiger partial charge is 0.494 e. The average molecular weight is 365 g/mol. The van der Waals surface area contributed by atoms with Crippen LogP contribution in [-0.2, 0) is 14.3 Å². The summed E-state index contributed by atoms with van der Waals surface area (Å²) in [5.74, 6) is 0.0590. The first-order valence-electron chi connectivity index (χ1n) is 7.69. The van der Waals surface area contributed by atoms with Crippen molar-refractivity contribution in [1.29, 1.82) is 0 Å². The summed E-state index contributed by atoms with van der Waals surface area (Å²) in [5.41, 5.74) is 0.868. The fourth-order valence-corrected chi connectivity index (χ4v) is 3.26. The number of thioether (sulfide) groups is 1. The van der Waals surface area contributed by atoms with Crippen molar-refractivity contribution in [1.82, 2.24) is 4.90 Å². The van der Waals surface area contributed by atoms with Crippen molar-refractivity contribution in [3.8, 4) is 5.75 Å². The number of benzene rings is 1. The molecule has 7 heteroatoms. The third-order valence-corrected chi connectivity index (χ3v) is 4.49. The molecule has 0 atom stereocenters. The number of hydrogen-bond acceptors (Lipinski definition) is 6. The van der Waals surface area contributed by atoms with Crippen molar-refractivity contribution in [2.24, 2.45) is 0 Å². The van der Waals surface area contributed by atoms with E-state index in [0.717, 1.165) is 17.7 Å². The summed E-state index contributed by atoms with van der Waals surface area (Å²) in [4.78, 5) is 25.9. The minimum atomic E-state index is -0.449. The van der Waals surface area contributed by atoms with Crippen LogP contribution in [0.2, 0.25) is 0 Å². The number of hydrogen-bond donors (Lipinski definition) is 0. The molecule has 0 spiro atoms. The lowest BCUT2D eigenvalue weighted by atomic mass is 10.2. The quantitative estimate of drug-likeness (QED) is 0.420. The highest BCUT2D eigenvalue weighted by Crippen LogP contribution is 2.32. The maximum atomic E-state index is 12.4. The van der Waals surface area contributed by atoms with E-state index in [1.807, 2.05) is 38.1 Å². The lowest BCUT2D eigenvalue weighted by Crippen LogP contribution is -2.34. The molecule has 2 rings (SSSR count). The highest BCUT2D eigenvalue weighted by Gasteiger charge is 2.33. The molecule has 1 aliphatic rings. The zero-order valence-corrected chi connectivity index (χ0v) is 15.2. The Bertz CT molecular complexity index is 655. The normalized spacial score (nSPS) is 15.9. The number of carbonyl (C=O) groups is 2. The molecule has 0 N–H and O–H groups in total. The van der Waals surface area contributed by atoms with Gasteiger partial charge in [-0.2, -0.15) is 0 Å². The second kappa shape index (κ2) is 8.84. The van der Waals surface area contributed by atoms with E-state index in [-0.39, 0.29) is 12.5 Å². The summed E-state index contributed by atoms with van der Waals surface area (Å²) >= 11 is 6.38. The van der Waals surface area contributed by atoms with Gasteiger partial charge < -0.3 is 9.47 Å². The summed E-state index contributed by atoms with van der Waals surface area (Å²) < 4.78 is 10.8. The van der Waals surface area contributed by atoms with Crippen LogP contribution in [-0.4, -0.2) is 40.9 Å². The third-order valence-electron chi connectivity index (χ3n) is 3.12. The van der Waals surface area contributed by atoms with E-state index in [1.165, 1.54) is 16.7 Å². The molecule has 1 saturated heterocycles. The van der Waals surface area contributed by atoms with Crippen molar-refractivity contribution in [3.05, 3.63) is 34.7 Å². The zero-order chi connectivity index (χ0) is 17.5. The molecule has 0 aliphatic carbocycles. The van der Waals surface area contributed by atoms with E-state index in [0.29, 0.717) is 22.4 Å². The van der Waals surface area contributed by atoms with E-state index >= 15 is 0 Å². The van der Waals surface area contributed by atoms with E-state index in [4.69, 9.17) is 21.7 Å². The van der Waals surface area contributed by atoms with Crippen molar-refractivity contribution < 1.29 is 19.1 Å². The van der Waals surface area contributed by atoms with Crippen LogP contribution < -0.4 is 4.74 Å².